The van der Waals surface area contributed by atoms with E-state index < -0.39 is 5.54 Å². The highest BCUT2D eigenvalue weighted by molar-refractivity contribution is 9.10. The van der Waals surface area contributed by atoms with Gasteiger partial charge in [-0.2, -0.15) is 4.99 Å². The summed E-state index contributed by atoms with van der Waals surface area (Å²) in [4.78, 5) is 15.0. The number of aryl methyl sites for hydroxylation is 1. The van der Waals surface area contributed by atoms with Crippen molar-refractivity contribution in [3.8, 4) is 0 Å². The molecule has 0 amide bonds. The molecule has 0 saturated heterocycles. The second-order valence-corrected chi connectivity index (χ2v) is 5.00. The Morgan fingerprint density at radius 3 is 2.62 bits per heavy atom. The lowest BCUT2D eigenvalue weighted by molar-refractivity contribution is 0.527. The van der Waals surface area contributed by atoms with Crippen molar-refractivity contribution in [2.45, 2.75) is 26.3 Å². The van der Waals surface area contributed by atoms with Gasteiger partial charge in [-0.15, -0.1) is 11.3 Å². The van der Waals surface area contributed by atoms with E-state index in [9.17, 15) is 4.79 Å². The van der Waals surface area contributed by atoms with Gasteiger partial charge < -0.3 is 0 Å². The predicted molar refractivity (Wildman–Crippen MR) is 57.9 cm³/mol. The summed E-state index contributed by atoms with van der Waals surface area (Å²) < 4.78 is 1.04. The maximum absolute atomic E-state index is 10.2. The lowest BCUT2D eigenvalue weighted by atomic mass is 10.0. The summed E-state index contributed by atoms with van der Waals surface area (Å²) in [5.74, 6) is 0. The number of nitrogens with zero attached hydrogens (tertiary/aromatic N) is 1. The first kappa shape index (κ1) is 10.6. The van der Waals surface area contributed by atoms with E-state index in [1.165, 1.54) is 5.56 Å². The molecule has 1 aromatic heterocycles. The van der Waals surface area contributed by atoms with Gasteiger partial charge in [0.1, 0.15) is 5.54 Å². The Bertz CT molecular complexity index is 364. The zero-order chi connectivity index (χ0) is 10.1. The van der Waals surface area contributed by atoms with Gasteiger partial charge >= 0.3 is 0 Å². The average Bonchev–Trinajstić information content (AvgIpc) is 2.33. The highest BCUT2D eigenvalue weighted by atomic mass is 79.9. The maximum Gasteiger partial charge on any atom is 0.235 e. The van der Waals surface area contributed by atoms with Gasteiger partial charge in [0.05, 0.1) is 0 Å². The molecule has 1 heterocycles. The van der Waals surface area contributed by atoms with Crippen molar-refractivity contribution >= 4 is 33.3 Å². The molecule has 0 unspecified atom stereocenters. The van der Waals surface area contributed by atoms with Crippen LogP contribution in [0.1, 0.15) is 24.3 Å². The van der Waals surface area contributed by atoms with Gasteiger partial charge in [0.15, 0.2) is 0 Å². The molecular weight excluding hydrogens is 250 g/mol. The molecule has 0 bridgehead atoms. The van der Waals surface area contributed by atoms with E-state index in [0.717, 1.165) is 9.35 Å². The van der Waals surface area contributed by atoms with Gasteiger partial charge in [0.2, 0.25) is 6.08 Å². The van der Waals surface area contributed by atoms with Gasteiger partial charge in [0, 0.05) is 9.35 Å². The third kappa shape index (κ3) is 2.08. The minimum absolute atomic E-state index is 0.473. The summed E-state index contributed by atoms with van der Waals surface area (Å²) in [6.45, 7) is 5.81. The monoisotopic (exact) mass is 259 g/mol. The van der Waals surface area contributed by atoms with Crippen molar-refractivity contribution in [2.24, 2.45) is 4.99 Å². The summed E-state index contributed by atoms with van der Waals surface area (Å²) in [5, 5.41) is 2.04. The minimum Gasteiger partial charge on any atom is -0.211 e. The number of carbonyl (C=O) groups excluding carboxylic acids is 1. The Morgan fingerprint density at radius 1 is 1.62 bits per heavy atom. The van der Waals surface area contributed by atoms with E-state index in [2.05, 4.69) is 20.9 Å². The van der Waals surface area contributed by atoms with Gasteiger partial charge in [0.25, 0.3) is 0 Å². The second kappa shape index (κ2) is 3.74. The van der Waals surface area contributed by atoms with Crippen molar-refractivity contribution in [1.29, 1.82) is 0 Å². The topological polar surface area (TPSA) is 29.4 Å². The lowest BCUT2D eigenvalue weighted by Crippen LogP contribution is -2.11. The molecule has 0 N–H and O–H groups in total. The number of hydrogen-bond donors (Lipinski definition) is 0. The first-order valence-electron chi connectivity index (χ1n) is 3.82. The van der Waals surface area contributed by atoms with Crippen molar-refractivity contribution in [2.75, 3.05) is 0 Å². The summed E-state index contributed by atoms with van der Waals surface area (Å²) in [5.41, 5.74) is 0.702. The molecule has 0 aliphatic carbocycles. The fraction of sp³-hybridized carbons (Fsp3) is 0.444. The first-order chi connectivity index (χ1) is 5.99. The van der Waals surface area contributed by atoms with Crippen LogP contribution in [0.3, 0.4) is 0 Å². The summed E-state index contributed by atoms with van der Waals surface area (Å²) in [6, 6.07) is 0. The smallest absolute Gasteiger partial charge is 0.211 e. The van der Waals surface area contributed by atoms with Crippen molar-refractivity contribution in [3.63, 3.8) is 0 Å². The molecule has 0 fully saturated rings. The molecule has 0 saturated carbocycles. The average molecular weight is 260 g/mol. The standard InChI is InChI=1S/C9H10BrNOS/c1-6-4-13-8(7(6)10)9(2,3)11-5-12/h4H,1-3H3. The fourth-order valence-electron chi connectivity index (χ4n) is 1.01. The number of aliphatic imine (C=N–C) groups is 1. The van der Waals surface area contributed by atoms with Gasteiger partial charge in [-0.1, -0.05) is 0 Å². The zero-order valence-corrected chi connectivity index (χ0v) is 10.1. The summed E-state index contributed by atoms with van der Waals surface area (Å²) >= 11 is 5.08. The van der Waals surface area contributed by atoms with Crippen LogP contribution in [-0.2, 0) is 10.3 Å². The molecule has 0 aromatic carbocycles. The molecular formula is C9H10BrNOS. The maximum atomic E-state index is 10.2. The molecule has 4 heteroatoms. The van der Waals surface area contributed by atoms with Crippen LogP contribution < -0.4 is 0 Å². The first-order valence-corrected chi connectivity index (χ1v) is 5.49. The highest BCUT2D eigenvalue weighted by Crippen LogP contribution is 2.37. The molecule has 70 valence electrons. The van der Waals surface area contributed by atoms with Crippen molar-refractivity contribution < 1.29 is 4.79 Å². The van der Waals surface area contributed by atoms with Crippen LogP contribution in [0.4, 0.5) is 0 Å². The summed E-state index contributed by atoms with van der Waals surface area (Å²) in [7, 11) is 0. The quantitative estimate of drug-likeness (QED) is 0.592. The van der Waals surface area contributed by atoms with Crippen LogP contribution in [0.25, 0.3) is 0 Å². The molecule has 13 heavy (non-hydrogen) atoms. The van der Waals surface area contributed by atoms with Crippen LogP contribution in [0.5, 0.6) is 0 Å². The Morgan fingerprint density at radius 2 is 2.23 bits per heavy atom. The molecule has 0 spiro atoms. The number of isocyanates is 1. The van der Waals surface area contributed by atoms with Crippen LogP contribution in [-0.4, -0.2) is 6.08 Å². The van der Waals surface area contributed by atoms with E-state index in [4.69, 9.17) is 0 Å². The number of hydrogen-bond acceptors (Lipinski definition) is 3. The van der Waals surface area contributed by atoms with E-state index in [-0.39, 0.29) is 0 Å². The van der Waals surface area contributed by atoms with Crippen molar-refractivity contribution in [3.05, 3.63) is 20.3 Å². The molecule has 1 rings (SSSR count). The Labute approximate surface area is 89.8 Å². The molecule has 0 radical (unpaired) electrons. The van der Waals surface area contributed by atoms with Crippen LogP contribution in [0.2, 0.25) is 0 Å². The zero-order valence-electron chi connectivity index (χ0n) is 7.72. The molecule has 0 atom stereocenters. The Hall–Kier alpha value is -0.440. The van der Waals surface area contributed by atoms with Gasteiger partial charge in [-0.25, -0.2) is 4.79 Å². The fourth-order valence-corrected chi connectivity index (χ4v) is 3.05. The Balaban J connectivity index is 3.21. The normalized spacial score (nSPS) is 11.1. The number of halogens is 1. The van der Waals surface area contributed by atoms with Gasteiger partial charge in [-0.05, 0) is 47.6 Å². The number of rotatable bonds is 2. The van der Waals surface area contributed by atoms with E-state index in [1.807, 2.05) is 26.2 Å². The van der Waals surface area contributed by atoms with Gasteiger partial charge in [-0.3, -0.25) is 0 Å². The molecule has 1 aromatic rings. The number of thiophene rings is 1. The summed E-state index contributed by atoms with van der Waals surface area (Å²) in [6.07, 6.45) is 1.60. The van der Waals surface area contributed by atoms with Crippen LogP contribution in [0.15, 0.2) is 14.8 Å². The minimum atomic E-state index is -0.473. The largest absolute Gasteiger partial charge is 0.235 e. The van der Waals surface area contributed by atoms with E-state index in [1.54, 1.807) is 17.4 Å². The van der Waals surface area contributed by atoms with Crippen molar-refractivity contribution in [1.82, 2.24) is 0 Å². The van der Waals surface area contributed by atoms with E-state index >= 15 is 0 Å². The third-order valence-corrected chi connectivity index (χ3v) is 4.48. The molecule has 0 aliphatic rings. The third-order valence-electron chi connectivity index (χ3n) is 1.78. The highest BCUT2D eigenvalue weighted by Gasteiger charge is 2.24. The van der Waals surface area contributed by atoms with E-state index in [0.29, 0.717) is 0 Å². The molecule has 2 nitrogen and oxygen atoms in total. The SMILES string of the molecule is Cc1csc(C(C)(C)N=C=O)c1Br. The Kier molecular flexibility index (Phi) is 3.06. The predicted octanol–water partition coefficient (Wildman–Crippen LogP) is 3.39. The second-order valence-electron chi connectivity index (χ2n) is 3.32. The lowest BCUT2D eigenvalue weighted by Gasteiger charge is -2.15. The molecule has 0 aliphatic heterocycles. The van der Waals surface area contributed by atoms with Crippen LogP contribution in [0, 0.1) is 6.92 Å². The van der Waals surface area contributed by atoms with Crippen LogP contribution >= 0.6 is 27.3 Å².